The van der Waals surface area contributed by atoms with Crippen molar-refractivity contribution in [1.82, 2.24) is 0 Å². The van der Waals surface area contributed by atoms with Gasteiger partial charge in [-0.3, -0.25) is 0 Å². The Morgan fingerprint density at radius 3 is 2.21 bits per heavy atom. The standard InChI is InChI=1S/C6H11F3O4S/c1-2-3-4-5-12-13-14(10,11)6(7,8)9/h2-5H2,1H3. The van der Waals surface area contributed by atoms with Gasteiger partial charge in [-0.1, -0.05) is 24.1 Å². The van der Waals surface area contributed by atoms with Crippen LogP contribution in [-0.4, -0.2) is 20.5 Å². The smallest absolute Gasteiger partial charge is 0.220 e. The molecule has 0 rings (SSSR count). The third kappa shape index (κ3) is 4.77. The molecule has 0 heterocycles. The molecule has 86 valence electrons. The molecule has 0 saturated heterocycles. The number of unbranched alkanes of at least 4 members (excludes halogenated alkanes) is 2. The van der Waals surface area contributed by atoms with E-state index in [1.165, 1.54) is 0 Å². The molecular formula is C6H11F3O4S. The van der Waals surface area contributed by atoms with Crippen LogP contribution in [-0.2, 0) is 19.3 Å². The Hall–Kier alpha value is -0.340. The molecule has 0 unspecified atom stereocenters. The summed E-state index contributed by atoms with van der Waals surface area (Å²) in [6, 6.07) is 0. The van der Waals surface area contributed by atoms with Gasteiger partial charge < -0.3 is 0 Å². The van der Waals surface area contributed by atoms with Gasteiger partial charge in [-0.2, -0.15) is 21.6 Å². The summed E-state index contributed by atoms with van der Waals surface area (Å²) in [5.41, 5.74) is -5.43. The zero-order valence-corrected chi connectivity index (χ0v) is 8.32. The highest BCUT2D eigenvalue weighted by atomic mass is 32.2. The van der Waals surface area contributed by atoms with E-state index in [0.29, 0.717) is 6.42 Å². The summed E-state index contributed by atoms with van der Waals surface area (Å²) in [6.45, 7) is 1.70. The lowest BCUT2D eigenvalue weighted by molar-refractivity contribution is -0.215. The fourth-order valence-corrected chi connectivity index (χ4v) is 0.819. The van der Waals surface area contributed by atoms with Gasteiger partial charge in [0.05, 0.1) is 6.61 Å². The summed E-state index contributed by atoms with van der Waals surface area (Å²) >= 11 is 0. The fraction of sp³-hybridized carbons (Fsp3) is 1.00. The van der Waals surface area contributed by atoms with Crippen LogP contribution in [0.15, 0.2) is 0 Å². The van der Waals surface area contributed by atoms with Gasteiger partial charge in [0.15, 0.2) is 0 Å². The quantitative estimate of drug-likeness (QED) is 0.306. The van der Waals surface area contributed by atoms with Crippen LogP contribution < -0.4 is 0 Å². The molecule has 0 aliphatic heterocycles. The van der Waals surface area contributed by atoms with Crippen molar-refractivity contribution >= 4 is 10.1 Å². The maximum atomic E-state index is 11.6. The largest absolute Gasteiger partial charge is 0.525 e. The second-order valence-corrected chi connectivity index (χ2v) is 4.00. The number of hydrogen-bond donors (Lipinski definition) is 0. The highest BCUT2D eigenvalue weighted by Gasteiger charge is 2.48. The Balaban J connectivity index is 3.80. The lowest BCUT2D eigenvalue weighted by Gasteiger charge is -2.06. The number of halogens is 3. The zero-order chi connectivity index (χ0) is 11.2. The van der Waals surface area contributed by atoms with E-state index in [-0.39, 0.29) is 6.61 Å². The van der Waals surface area contributed by atoms with Crippen LogP contribution in [0.5, 0.6) is 0 Å². The highest BCUT2D eigenvalue weighted by molar-refractivity contribution is 7.87. The second-order valence-electron chi connectivity index (χ2n) is 2.50. The predicted octanol–water partition coefficient (Wildman–Crippen LogP) is 1.97. The normalized spacial score (nSPS) is 13.1. The molecule has 0 aromatic heterocycles. The maximum absolute atomic E-state index is 11.6. The molecule has 0 aliphatic carbocycles. The number of rotatable bonds is 6. The molecule has 4 nitrogen and oxygen atoms in total. The van der Waals surface area contributed by atoms with Crippen molar-refractivity contribution in [3.8, 4) is 0 Å². The molecule has 0 fully saturated rings. The molecule has 0 amide bonds. The van der Waals surface area contributed by atoms with Crippen LogP contribution in [0.4, 0.5) is 13.2 Å². The van der Waals surface area contributed by atoms with Crippen molar-refractivity contribution in [3.63, 3.8) is 0 Å². The third-order valence-electron chi connectivity index (χ3n) is 1.25. The predicted molar refractivity (Wildman–Crippen MR) is 41.5 cm³/mol. The van der Waals surface area contributed by atoms with E-state index in [1.807, 2.05) is 6.92 Å². The Morgan fingerprint density at radius 2 is 1.79 bits per heavy atom. The summed E-state index contributed by atoms with van der Waals surface area (Å²) in [5.74, 6) is 0. The van der Waals surface area contributed by atoms with Crippen molar-refractivity contribution in [3.05, 3.63) is 0 Å². The minimum atomic E-state index is -5.61. The van der Waals surface area contributed by atoms with Crippen LogP contribution in [0.1, 0.15) is 26.2 Å². The van der Waals surface area contributed by atoms with Crippen LogP contribution in [0.25, 0.3) is 0 Å². The van der Waals surface area contributed by atoms with E-state index in [9.17, 15) is 21.6 Å². The average molecular weight is 236 g/mol. The molecule has 0 bridgehead atoms. The molecule has 0 aromatic rings. The lowest BCUT2D eigenvalue weighted by Crippen LogP contribution is -2.25. The van der Waals surface area contributed by atoms with Crippen molar-refractivity contribution in [2.45, 2.75) is 31.7 Å². The van der Waals surface area contributed by atoms with Gasteiger partial charge >= 0.3 is 15.6 Å². The first-order valence-electron chi connectivity index (χ1n) is 3.93. The Bertz CT molecular complexity index is 246. The van der Waals surface area contributed by atoms with E-state index in [2.05, 4.69) is 9.22 Å². The van der Waals surface area contributed by atoms with Crippen LogP contribution >= 0.6 is 0 Å². The summed E-state index contributed by atoms with van der Waals surface area (Å²) in [4.78, 5) is 3.92. The van der Waals surface area contributed by atoms with Crippen LogP contribution in [0.2, 0.25) is 0 Å². The molecule has 0 N–H and O–H groups in total. The van der Waals surface area contributed by atoms with Gasteiger partial charge in [0.1, 0.15) is 0 Å². The summed E-state index contributed by atoms with van der Waals surface area (Å²) < 4.78 is 58.6. The summed E-state index contributed by atoms with van der Waals surface area (Å²) in [7, 11) is -5.61. The van der Waals surface area contributed by atoms with Gasteiger partial charge in [-0.25, -0.2) is 4.89 Å². The van der Waals surface area contributed by atoms with Gasteiger partial charge in [0.2, 0.25) is 0 Å². The molecule has 14 heavy (non-hydrogen) atoms. The molecule has 0 saturated carbocycles. The zero-order valence-electron chi connectivity index (χ0n) is 7.50. The molecule has 0 aliphatic rings. The van der Waals surface area contributed by atoms with E-state index < -0.39 is 15.6 Å². The Kier molecular flexibility index (Phi) is 5.38. The minimum absolute atomic E-state index is 0.177. The Labute approximate surface area is 80.1 Å². The topological polar surface area (TPSA) is 52.6 Å². The molecule has 8 heteroatoms. The van der Waals surface area contributed by atoms with E-state index in [1.54, 1.807) is 0 Å². The minimum Gasteiger partial charge on any atom is -0.220 e. The van der Waals surface area contributed by atoms with Gasteiger partial charge in [-0.05, 0) is 6.42 Å². The van der Waals surface area contributed by atoms with E-state index in [4.69, 9.17) is 0 Å². The highest BCUT2D eigenvalue weighted by Crippen LogP contribution is 2.24. The van der Waals surface area contributed by atoms with E-state index in [0.717, 1.165) is 12.8 Å². The molecule has 0 atom stereocenters. The maximum Gasteiger partial charge on any atom is 0.525 e. The molecule has 0 radical (unpaired) electrons. The summed E-state index contributed by atoms with van der Waals surface area (Å²) in [6.07, 6.45) is 2.02. The van der Waals surface area contributed by atoms with Gasteiger partial charge in [0, 0.05) is 0 Å². The van der Waals surface area contributed by atoms with Crippen LogP contribution in [0.3, 0.4) is 0 Å². The first-order valence-corrected chi connectivity index (χ1v) is 5.34. The number of hydrogen-bond acceptors (Lipinski definition) is 4. The first kappa shape index (κ1) is 13.7. The second kappa shape index (κ2) is 5.52. The Morgan fingerprint density at radius 1 is 1.21 bits per heavy atom. The van der Waals surface area contributed by atoms with Crippen molar-refractivity contribution in [2.75, 3.05) is 6.61 Å². The SMILES string of the molecule is CCCCCOOS(=O)(=O)C(F)(F)F. The van der Waals surface area contributed by atoms with Crippen molar-refractivity contribution in [2.24, 2.45) is 0 Å². The molecule has 0 spiro atoms. The van der Waals surface area contributed by atoms with Crippen molar-refractivity contribution in [1.29, 1.82) is 0 Å². The fourth-order valence-electron chi connectivity index (χ4n) is 0.547. The van der Waals surface area contributed by atoms with Crippen molar-refractivity contribution < 1.29 is 30.8 Å². The molecular weight excluding hydrogens is 225 g/mol. The van der Waals surface area contributed by atoms with E-state index >= 15 is 0 Å². The molecule has 0 aromatic carbocycles. The summed E-state index contributed by atoms with van der Waals surface area (Å²) in [5, 5.41) is 0. The lowest BCUT2D eigenvalue weighted by atomic mass is 10.3. The number of alkyl halides is 3. The van der Waals surface area contributed by atoms with Crippen LogP contribution in [0, 0.1) is 0 Å². The average Bonchev–Trinajstić information content (AvgIpc) is 2.02. The first-order chi connectivity index (χ1) is 6.31. The monoisotopic (exact) mass is 236 g/mol. The third-order valence-corrected chi connectivity index (χ3v) is 2.09. The van der Waals surface area contributed by atoms with Gasteiger partial charge in [0.25, 0.3) is 0 Å². The van der Waals surface area contributed by atoms with Gasteiger partial charge in [-0.15, -0.1) is 0 Å².